The molecular weight excluding hydrogens is 554 g/mol. The zero-order valence-electron chi connectivity index (χ0n) is 23.6. The molecule has 3 heterocycles. The SMILES string of the molecule is COC(CN(CC(C)C)S(=O)O)C(Cc1ccc(CCc2csc(C)n2)cc1)NC(=O)OC1COC2OCCC12. The second-order valence-electron chi connectivity index (χ2n) is 10.8. The van der Waals surface area contributed by atoms with Crippen LogP contribution in [-0.2, 0) is 49.5 Å². The van der Waals surface area contributed by atoms with Crippen LogP contribution in [-0.4, -0.2) is 82.1 Å². The van der Waals surface area contributed by atoms with Crippen molar-refractivity contribution in [2.75, 3.05) is 33.4 Å². The highest BCUT2D eigenvalue weighted by Gasteiger charge is 2.44. The van der Waals surface area contributed by atoms with E-state index in [2.05, 4.69) is 39.9 Å². The third kappa shape index (κ3) is 8.78. The van der Waals surface area contributed by atoms with Crippen LogP contribution in [0, 0.1) is 18.8 Å². The van der Waals surface area contributed by atoms with Crippen LogP contribution in [0.3, 0.4) is 0 Å². The van der Waals surface area contributed by atoms with Gasteiger partial charge in [0.25, 0.3) is 0 Å². The molecule has 0 aliphatic carbocycles. The number of benzene rings is 1. The summed E-state index contributed by atoms with van der Waals surface area (Å²) in [5, 5.41) is 6.16. The van der Waals surface area contributed by atoms with Gasteiger partial charge < -0.3 is 24.3 Å². The van der Waals surface area contributed by atoms with Gasteiger partial charge in [0.1, 0.15) is 6.10 Å². The predicted molar refractivity (Wildman–Crippen MR) is 153 cm³/mol. The minimum absolute atomic E-state index is 0.0292. The molecule has 2 saturated heterocycles. The Kier molecular flexibility index (Phi) is 11.5. The maximum absolute atomic E-state index is 13.1. The fraction of sp³-hybridized carbons (Fsp3) is 0.643. The molecule has 2 N–H and O–H groups in total. The number of carbonyl (C=O) groups is 1. The molecule has 2 aliphatic rings. The molecule has 1 aromatic heterocycles. The smallest absolute Gasteiger partial charge is 0.407 e. The van der Waals surface area contributed by atoms with Gasteiger partial charge >= 0.3 is 6.09 Å². The third-order valence-electron chi connectivity index (χ3n) is 7.29. The Hall–Kier alpha value is -1.93. The molecule has 6 unspecified atom stereocenters. The maximum atomic E-state index is 13.1. The predicted octanol–water partition coefficient (Wildman–Crippen LogP) is 3.75. The summed E-state index contributed by atoms with van der Waals surface area (Å²) in [7, 11) is 1.55. The molecule has 10 nitrogen and oxygen atoms in total. The largest absolute Gasteiger partial charge is 0.443 e. The number of alkyl carbamates (subject to hydrolysis) is 1. The number of aryl methyl sites for hydroxylation is 3. The van der Waals surface area contributed by atoms with Crippen molar-refractivity contribution in [1.82, 2.24) is 14.6 Å². The number of fused-ring (bicyclic) bond motifs is 1. The Morgan fingerprint density at radius 2 is 1.98 bits per heavy atom. The number of thiazole rings is 1. The molecule has 222 valence electrons. The molecule has 1 aromatic carbocycles. The van der Waals surface area contributed by atoms with Gasteiger partial charge in [-0.15, -0.1) is 11.3 Å². The average Bonchev–Trinajstić information content (AvgIpc) is 3.64. The number of carbonyl (C=O) groups excluding carboxylic acids is 1. The van der Waals surface area contributed by atoms with Crippen molar-refractivity contribution < 1.29 is 32.5 Å². The van der Waals surface area contributed by atoms with Gasteiger partial charge in [-0.2, -0.15) is 4.31 Å². The van der Waals surface area contributed by atoms with Gasteiger partial charge in [0, 0.05) is 25.6 Å². The fourth-order valence-corrected chi connectivity index (χ4v) is 6.56. The van der Waals surface area contributed by atoms with Crippen molar-refractivity contribution >= 4 is 28.7 Å². The van der Waals surface area contributed by atoms with E-state index < -0.39 is 29.5 Å². The molecule has 40 heavy (non-hydrogen) atoms. The summed E-state index contributed by atoms with van der Waals surface area (Å²) in [5.74, 6) is 0.205. The number of methoxy groups -OCH3 is 1. The highest BCUT2D eigenvalue weighted by Crippen LogP contribution is 2.33. The zero-order chi connectivity index (χ0) is 28.6. The number of amides is 1. The normalized spacial score (nSPS) is 22.8. The molecule has 4 rings (SSSR count). The summed E-state index contributed by atoms with van der Waals surface area (Å²) < 4.78 is 46.1. The standard InChI is InChI=1S/C28H41N3O7S2/c1-18(2)14-31(40(33)34)15-25(35-4)24(30-28(32)38-26-16-37-27-23(26)11-12-36-27)13-21-7-5-20(6-8-21)9-10-22-17-39-19(3)29-22/h5-8,17-18,23-27H,9-16H2,1-4H3,(H,30,32)(H,33,34). The third-order valence-corrected chi connectivity index (χ3v) is 8.85. The number of hydrogen-bond donors (Lipinski definition) is 2. The van der Waals surface area contributed by atoms with Gasteiger partial charge in [-0.3, -0.25) is 4.55 Å². The molecule has 12 heteroatoms. The zero-order valence-corrected chi connectivity index (χ0v) is 25.2. The van der Waals surface area contributed by atoms with Crippen molar-refractivity contribution in [3.8, 4) is 0 Å². The van der Waals surface area contributed by atoms with Gasteiger partial charge in [0.05, 0.1) is 42.0 Å². The average molecular weight is 596 g/mol. The van der Waals surface area contributed by atoms with Gasteiger partial charge in [-0.1, -0.05) is 38.1 Å². The minimum atomic E-state index is -2.17. The van der Waals surface area contributed by atoms with E-state index in [4.69, 9.17) is 18.9 Å². The van der Waals surface area contributed by atoms with Crippen LogP contribution in [0.2, 0.25) is 0 Å². The lowest BCUT2D eigenvalue weighted by Crippen LogP contribution is -2.51. The second-order valence-corrected chi connectivity index (χ2v) is 12.9. The first-order chi connectivity index (χ1) is 19.2. The van der Waals surface area contributed by atoms with Crippen LogP contribution >= 0.6 is 11.3 Å². The van der Waals surface area contributed by atoms with Crippen molar-refractivity contribution in [2.24, 2.45) is 11.8 Å². The summed E-state index contributed by atoms with van der Waals surface area (Å²) >= 11 is -0.512. The van der Waals surface area contributed by atoms with Gasteiger partial charge in [0.2, 0.25) is 11.3 Å². The number of ether oxygens (including phenoxy) is 4. The molecule has 0 bridgehead atoms. The Morgan fingerprint density at radius 1 is 1.23 bits per heavy atom. The molecule has 1 amide bonds. The van der Waals surface area contributed by atoms with Gasteiger partial charge in [-0.05, 0) is 49.7 Å². The van der Waals surface area contributed by atoms with Crippen LogP contribution in [0.1, 0.15) is 42.1 Å². The second kappa shape index (κ2) is 14.8. The summed E-state index contributed by atoms with van der Waals surface area (Å²) in [5.41, 5.74) is 3.32. The quantitative estimate of drug-likeness (QED) is 0.317. The molecule has 0 spiro atoms. The van der Waals surface area contributed by atoms with Crippen LogP contribution in [0.5, 0.6) is 0 Å². The number of nitrogens with one attached hydrogen (secondary N) is 1. The van der Waals surface area contributed by atoms with Crippen LogP contribution < -0.4 is 5.32 Å². The fourth-order valence-electron chi connectivity index (χ4n) is 5.21. The van der Waals surface area contributed by atoms with Crippen LogP contribution in [0.15, 0.2) is 29.6 Å². The van der Waals surface area contributed by atoms with E-state index in [0.717, 1.165) is 35.5 Å². The van der Waals surface area contributed by atoms with E-state index in [9.17, 15) is 13.6 Å². The Balaban J connectivity index is 1.43. The molecule has 2 aromatic rings. The van der Waals surface area contributed by atoms with Crippen LogP contribution in [0.4, 0.5) is 4.79 Å². The van der Waals surface area contributed by atoms with E-state index in [1.165, 1.54) is 9.87 Å². The monoisotopic (exact) mass is 595 g/mol. The van der Waals surface area contributed by atoms with Gasteiger partial charge in [-0.25, -0.2) is 14.0 Å². The number of rotatable bonds is 14. The lowest BCUT2D eigenvalue weighted by atomic mass is 9.98. The molecule has 6 atom stereocenters. The first-order valence-corrected chi connectivity index (χ1v) is 15.7. The van der Waals surface area contributed by atoms with E-state index in [1.807, 2.05) is 20.8 Å². The van der Waals surface area contributed by atoms with Crippen molar-refractivity contribution in [3.63, 3.8) is 0 Å². The lowest BCUT2D eigenvalue weighted by Gasteiger charge is -2.31. The van der Waals surface area contributed by atoms with Gasteiger partial charge in [0.15, 0.2) is 6.29 Å². The lowest BCUT2D eigenvalue weighted by molar-refractivity contribution is -0.0907. The Bertz CT molecular complexity index is 1110. The Morgan fingerprint density at radius 3 is 2.62 bits per heavy atom. The van der Waals surface area contributed by atoms with E-state index in [1.54, 1.807) is 18.4 Å². The number of nitrogens with zero attached hydrogens (tertiary/aromatic N) is 2. The summed E-state index contributed by atoms with van der Waals surface area (Å²) in [6, 6.07) is 7.79. The first kappa shape index (κ1) is 31.0. The van der Waals surface area contributed by atoms with Crippen LogP contribution in [0.25, 0.3) is 0 Å². The highest BCUT2D eigenvalue weighted by atomic mass is 32.2. The molecule has 0 saturated carbocycles. The van der Waals surface area contributed by atoms with E-state index >= 15 is 0 Å². The molecule has 0 radical (unpaired) electrons. The van der Waals surface area contributed by atoms with E-state index in [-0.39, 0.29) is 30.8 Å². The number of aromatic nitrogens is 1. The molecule has 2 aliphatic heterocycles. The first-order valence-electron chi connectivity index (χ1n) is 13.8. The minimum Gasteiger partial charge on any atom is -0.443 e. The Labute approximate surface area is 243 Å². The molecule has 2 fully saturated rings. The maximum Gasteiger partial charge on any atom is 0.407 e. The van der Waals surface area contributed by atoms with Crippen molar-refractivity contribution in [1.29, 1.82) is 0 Å². The van der Waals surface area contributed by atoms with Crippen molar-refractivity contribution in [3.05, 3.63) is 51.5 Å². The highest BCUT2D eigenvalue weighted by molar-refractivity contribution is 7.76. The molecular formula is C28H41N3O7S2. The summed E-state index contributed by atoms with van der Waals surface area (Å²) in [6.45, 7) is 7.45. The van der Waals surface area contributed by atoms with E-state index in [0.29, 0.717) is 26.2 Å². The topological polar surface area (TPSA) is 119 Å². The van der Waals surface area contributed by atoms with Crippen molar-refractivity contribution in [2.45, 2.75) is 71.0 Å². The summed E-state index contributed by atoms with van der Waals surface area (Å²) in [6.07, 6.45) is 1.20. The summed E-state index contributed by atoms with van der Waals surface area (Å²) in [4.78, 5) is 17.6. The number of hydrogen-bond acceptors (Lipinski definition) is 8.